The number of rotatable bonds is 14. The molecule has 3 N–H and O–H groups in total. The second-order valence-electron chi connectivity index (χ2n) is 9.68. The number of anilines is 2. The van der Waals surface area contributed by atoms with Gasteiger partial charge in [0.2, 0.25) is 0 Å². The van der Waals surface area contributed by atoms with Crippen LogP contribution in [-0.4, -0.2) is 47.9 Å². The van der Waals surface area contributed by atoms with E-state index in [0.717, 1.165) is 30.7 Å². The molecule has 0 saturated carbocycles. The van der Waals surface area contributed by atoms with E-state index in [1.165, 1.54) is 49.7 Å². The Kier molecular flexibility index (Phi) is 10.3. The van der Waals surface area contributed by atoms with Gasteiger partial charge in [-0.2, -0.15) is 9.97 Å². The van der Waals surface area contributed by atoms with Crippen molar-refractivity contribution in [2.24, 2.45) is 0 Å². The minimum Gasteiger partial charge on any atom is -0.497 e. The third-order valence-corrected chi connectivity index (χ3v) is 6.72. The van der Waals surface area contributed by atoms with Crippen LogP contribution < -0.4 is 20.1 Å². The Balaban J connectivity index is 1.49. The fourth-order valence-electron chi connectivity index (χ4n) is 4.56. The molecule has 0 aliphatic carbocycles. The number of hydrogen-bond donors (Lipinski definition) is 3. The van der Waals surface area contributed by atoms with Gasteiger partial charge in [0.1, 0.15) is 17.4 Å². The molecular weight excluding hydrogens is 476 g/mol. The van der Waals surface area contributed by atoms with Crippen molar-refractivity contribution in [3.8, 4) is 11.8 Å². The number of likely N-dealkylation sites (tertiary alicyclic amines) is 1. The largest absolute Gasteiger partial charge is 0.497 e. The van der Waals surface area contributed by atoms with Gasteiger partial charge < -0.3 is 25.5 Å². The molecular formula is C30H40N6O2. The second kappa shape index (κ2) is 14.3. The molecule has 202 valence electrons. The molecule has 1 aliphatic rings. The van der Waals surface area contributed by atoms with E-state index in [2.05, 4.69) is 56.7 Å². The van der Waals surface area contributed by atoms with E-state index in [-0.39, 0.29) is 0 Å². The molecule has 8 nitrogen and oxygen atoms in total. The van der Waals surface area contributed by atoms with E-state index in [4.69, 9.17) is 14.9 Å². The van der Waals surface area contributed by atoms with Crippen molar-refractivity contribution in [2.75, 3.05) is 37.4 Å². The lowest BCUT2D eigenvalue weighted by atomic mass is 10.1. The zero-order chi connectivity index (χ0) is 26.6. The van der Waals surface area contributed by atoms with Crippen LogP contribution in [0.1, 0.15) is 61.3 Å². The number of methoxy groups -OCH3 is 1. The fraction of sp³-hybridized carbons (Fsp3) is 0.433. The molecule has 4 rings (SSSR count). The predicted octanol–water partition coefficient (Wildman–Crippen LogP) is 5.87. The highest BCUT2D eigenvalue weighted by atomic mass is 16.5. The van der Waals surface area contributed by atoms with Crippen LogP contribution in [0.4, 0.5) is 11.6 Å². The summed E-state index contributed by atoms with van der Waals surface area (Å²) in [5, 5.41) is 14.9. The zero-order valence-electron chi connectivity index (χ0n) is 22.6. The Morgan fingerprint density at radius 2 is 1.61 bits per heavy atom. The molecule has 1 fully saturated rings. The lowest BCUT2D eigenvalue weighted by molar-refractivity contribution is 0.221. The van der Waals surface area contributed by atoms with Crippen LogP contribution in [-0.2, 0) is 19.6 Å². The van der Waals surface area contributed by atoms with Crippen molar-refractivity contribution in [1.82, 2.24) is 14.9 Å². The first-order valence-corrected chi connectivity index (χ1v) is 13.6. The summed E-state index contributed by atoms with van der Waals surface area (Å²) in [6.07, 6.45) is 7.17. The molecule has 2 aromatic carbocycles. The third kappa shape index (κ3) is 7.92. The highest BCUT2D eigenvalue weighted by Gasteiger charge is 2.15. The first kappa shape index (κ1) is 27.4. The van der Waals surface area contributed by atoms with Gasteiger partial charge in [-0.3, -0.25) is 4.90 Å². The number of nitrogens with one attached hydrogen (secondary N) is 3. The quantitative estimate of drug-likeness (QED) is 0.182. The van der Waals surface area contributed by atoms with Crippen LogP contribution in [0.3, 0.4) is 0 Å². The number of ether oxygens (including phenoxy) is 2. The van der Waals surface area contributed by atoms with Crippen molar-refractivity contribution < 1.29 is 9.47 Å². The number of unbranched alkanes of at least 4 members (excludes halogenated alkanes) is 1. The minimum absolute atomic E-state index is 0.308. The Morgan fingerprint density at radius 1 is 0.921 bits per heavy atom. The van der Waals surface area contributed by atoms with Gasteiger partial charge in [0, 0.05) is 25.8 Å². The molecule has 0 bridgehead atoms. The molecule has 2 heterocycles. The van der Waals surface area contributed by atoms with Crippen molar-refractivity contribution in [1.29, 1.82) is 5.41 Å². The highest BCUT2D eigenvalue weighted by molar-refractivity contribution is 5.91. The topological polar surface area (TPSA) is 95.4 Å². The Hall–Kier alpha value is -3.65. The fourth-order valence-corrected chi connectivity index (χ4v) is 4.56. The molecule has 1 saturated heterocycles. The molecule has 0 atom stereocenters. The van der Waals surface area contributed by atoms with Gasteiger partial charge in [-0.1, -0.05) is 56.2 Å². The number of aromatic nitrogens is 2. The Morgan fingerprint density at radius 3 is 2.26 bits per heavy atom. The molecule has 0 spiro atoms. The van der Waals surface area contributed by atoms with E-state index < -0.39 is 0 Å². The maximum atomic E-state index is 8.11. The summed E-state index contributed by atoms with van der Waals surface area (Å²) in [5.41, 5.74) is 4.18. The highest BCUT2D eigenvalue weighted by Crippen LogP contribution is 2.24. The Bertz CT molecular complexity index is 1160. The molecule has 8 heteroatoms. The molecule has 1 aromatic heterocycles. The third-order valence-electron chi connectivity index (χ3n) is 6.72. The van der Waals surface area contributed by atoms with Crippen LogP contribution >= 0.6 is 0 Å². The van der Waals surface area contributed by atoms with E-state index in [1.54, 1.807) is 7.11 Å². The maximum absolute atomic E-state index is 8.11. The van der Waals surface area contributed by atoms with E-state index in [9.17, 15) is 0 Å². The first-order valence-electron chi connectivity index (χ1n) is 13.6. The summed E-state index contributed by atoms with van der Waals surface area (Å²) in [5.74, 6) is 1.97. The van der Waals surface area contributed by atoms with Crippen LogP contribution in [0.25, 0.3) is 0 Å². The van der Waals surface area contributed by atoms with Gasteiger partial charge in [0.05, 0.1) is 19.3 Å². The summed E-state index contributed by atoms with van der Waals surface area (Å²) in [6, 6.07) is 16.9. The van der Waals surface area contributed by atoms with Crippen molar-refractivity contribution in [3.63, 3.8) is 0 Å². The smallest absolute Gasteiger partial charge is 0.320 e. The molecule has 38 heavy (non-hydrogen) atoms. The average Bonchev–Trinajstić information content (AvgIpc) is 2.96. The summed E-state index contributed by atoms with van der Waals surface area (Å²) >= 11 is 0. The van der Waals surface area contributed by atoms with Gasteiger partial charge in [-0.15, -0.1) is 0 Å². The lowest BCUT2D eigenvalue weighted by Gasteiger charge is -2.26. The first-order chi connectivity index (χ1) is 18.7. The number of benzene rings is 2. The van der Waals surface area contributed by atoms with E-state index in [1.807, 2.05) is 24.3 Å². The van der Waals surface area contributed by atoms with Gasteiger partial charge in [0.25, 0.3) is 0 Å². The molecule has 0 unspecified atom stereocenters. The van der Waals surface area contributed by atoms with Crippen LogP contribution in [0, 0.1) is 5.41 Å². The van der Waals surface area contributed by atoms with Gasteiger partial charge >= 0.3 is 6.01 Å². The van der Waals surface area contributed by atoms with Crippen molar-refractivity contribution >= 4 is 17.9 Å². The Labute approximate surface area is 226 Å². The standard InChI is InChI=1S/C30H40N6O2/c1-3-4-17-38-30-34-28(32-20-23-11-13-26(37-2)14-12-23)27(19-31)29(35-30)33-21-24-9-8-10-25(18-24)22-36-15-6-5-7-16-36/h8-14,18-19,31H,3-7,15-17,20-22H2,1-2H3,(H2,32,33,34,35). The summed E-state index contributed by atoms with van der Waals surface area (Å²) < 4.78 is 11.1. The predicted molar refractivity (Wildman–Crippen MR) is 154 cm³/mol. The van der Waals surface area contributed by atoms with E-state index >= 15 is 0 Å². The van der Waals surface area contributed by atoms with Crippen LogP contribution in [0.2, 0.25) is 0 Å². The monoisotopic (exact) mass is 516 g/mol. The summed E-state index contributed by atoms with van der Waals surface area (Å²) in [4.78, 5) is 11.8. The van der Waals surface area contributed by atoms with Gasteiger partial charge in [-0.05, 0) is 61.2 Å². The maximum Gasteiger partial charge on any atom is 0.320 e. The van der Waals surface area contributed by atoms with Gasteiger partial charge in [-0.25, -0.2) is 0 Å². The number of nitrogens with zero attached hydrogens (tertiary/aromatic N) is 3. The molecule has 1 aliphatic heterocycles. The molecule has 3 aromatic rings. The van der Waals surface area contributed by atoms with E-state index in [0.29, 0.717) is 42.9 Å². The number of hydrogen-bond acceptors (Lipinski definition) is 8. The minimum atomic E-state index is 0.308. The summed E-state index contributed by atoms with van der Waals surface area (Å²) in [6.45, 7) is 7.17. The zero-order valence-corrected chi connectivity index (χ0v) is 22.6. The van der Waals surface area contributed by atoms with Crippen molar-refractivity contribution in [3.05, 3.63) is 70.8 Å². The second-order valence-corrected chi connectivity index (χ2v) is 9.68. The summed E-state index contributed by atoms with van der Waals surface area (Å²) in [7, 11) is 1.66. The van der Waals surface area contributed by atoms with Crippen LogP contribution in [0.15, 0.2) is 48.5 Å². The number of piperidine rings is 1. The SMILES string of the molecule is CCCCOc1nc(NCc2ccc(OC)cc2)c(C=N)c(NCc2cccc(CN3CCCCC3)c2)n1. The molecule has 0 amide bonds. The van der Waals surface area contributed by atoms with Gasteiger partial charge in [0.15, 0.2) is 0 Å². The van der Waals surface area contributed by atoms with Crippen LogP contribution in [0.5, 0.6) is 11.8 Å². The molecule has 0 radical (unpaired) electrons. The normalized spacial score (nSPS) is 13.6. The lowest BCUT2D eigenvalue weighted by Crippen LogP contribution is -2.29. The van der Waals surface area contributed by atoms with Crippen molar-refractivity contribution in [2.45, 2.75) is 58.7 Å². The average molecular weight is 517 g/mol.